The van der Waals surface area contributed by atoms with Crippen LogP contribution in [0.1, 0.15) is 23.2 Å². The average molecular weight is 328 g/mol. The largest absolute Gasteiger partial charge is 0.386 e. The molecule has 0 saturated heterocycles. The van der Waals surface area contributed by atoms with Crippen LogP contribution in [-0.4, -0.2) is 15.1 Å². The van der Waals surface area contributed by atoms with Gasteiger partial charge in [-0.1, -0.05) is 33.6 Å². The molecule has 1 aromatic heterocycles. The van der Waals surface area contributed by atoms with E-state index in [1.165, 1.54) is 0 Å². The van der Waals surface area contributed by atoms with Gasteiger partial charge in [0.2, 0.25) is 0 Å². The smallest absolute Gasteiger partial charge is 0.125 e. The molecule has 5 heteroatoms. The van der Waals surface area contributed by atoms with E-state index in [9.17, 15) is 5.11 Å². The summed E-state index contributed by atoms with van der Waals surface area (Å²) in [5, 5.41) is 10.8. The summed E-state index contributed by atoms with van der Waals surface area (Å²) < 4.78 is 0.920. The summed E-state index contributed by atoms with van der Waals surface area (Å²) in [6.45, 7) is 1.79. The highest BCUT2D eigenvalue weighted by Gasteiger charge is 2.12. The molecule has 0 radical (unpaired) electrons. The lowest BCUT2D eigenvalue weighted by atomic mass is 10.1. The first kappa shape index (κ1) is 13.5. The van der Waals surface area contributed by atoms with E-state index in [-0.39, 0.29) is 0 Å². The molecule has 1 heterocycles. The second kappa shape index (κ2) is 5.78. The SMILES string of the molecule is Cc1nccc(C(O)Cc2ccc(Br)cc2Cl)n1. The zero-order valence-corrected chi connectivity index (χ0v) is 12.1. The van der Waals surface area contributed by atoms with Crippen molar-refractivity contribution in [3.05, 3.63) is 57.0 Å². The Bertz CT molecular complexity index is 562. The van der Waals surface area contributed by atoms with Crippen molar-refractivity contribution < 1.29 is 5.11 Å². The fourth-order valence-electron chi connectivity index (χ4n) is 1.66. The summed E-state index contributed by atoms with van der Waals surface area (Å²) in [6, 6.07) is 7.32. The molecule has 0 fully saturated rings. The van der Waals surface area contributed by atoms with Crippen molar-refractivity contribution in [1.29, 1.82) is 0 Å². The molecule has 1 N–H and O–H groups in total. The number of rotatable bonds is 3. The summed E-state index contributed by atoms with van der Waals surface area (Å²) in [7, 11) is 0. The van der Waals surface area contributed by atoms with Gasteiger partial charge in [0.05, 0.1) is 5.69 Å². The van der Waals surface area contributed by atoms with Crippen LogP contribution in [0.5, 0.6) is 0 Å². The van der Waals surface area contributed by atoms with Crippen molar-refractivity contribution in [2.45, 2.75) is 19.4 Å². The van der Waals surface area contributed by atoms with Crippen LogP contribution in [0.3, 0.4) is 0 Å². The van der Waals surface area contributed by atoms with E-state index < -0.39 is 6.10 Å². The topological polar surface area (TPSA) is 46.0 Å². The second-order valence-electron chi connectivity index (χ2n) is 3.98. The molecule has 0 aliphatic rings. The van der Waals surface area contributed by atoms with Crippen LogP contribution in [0.25, 0.3) is 0 Å². The third kappa shape index (κ3) is 3.28. The lowest BCUT2D eigenvalue weighted by Gasteiger charge is -2.11. The van der Waals surface area contributed by atoms with Crippen LogP contribution in [0.2, 0.25) is 5.02 Å². The van der Waals surface area contributed by atoms with Crippen LogP contribution >= 0.6 is 27.5 Å². The summed E-state index contributed by atoms with van der Waals surface area (Å²) in [6.07, 6.45) is 1.40. The molecule has 0 aliphatic carbocycles. The van der Waals surface area contributed by atoms with Crippen molar-refractivity contribution in [2.75, 3.05) is 0 Å². The van der Waals surface area contributed by atoms with E-state index in [0.29, 0.717) is 23.0 Å². The van der Waals surface area contributed by atoms with Crippen molar-refractivity contribution in [1.82, 2.24) is 9.97 Å². The van der Waals surface area contributed by atoms with Crippen LogP contribution in [0, 0.1) is 6.92 Å². The van der Waals surface area contributed by atoms with Crippen molar-refractivity contribution in [3.8, 4) is 0 Å². The molecule has 2 aromatic rings. The third-order valence-corrected chi connectivity index (χ3v) is 3.41. The van der Waals surface area contributed by atoms with Gasteiger partial charge in [0.25, 0.3) is 0 Å². The molecule has 1 unspecified atom stereocenters. The Balaban J connectivity index is 2.18. The van der Waals surface area contributed by atoms with Gasteiger partial charge in [0.1, 0.15) is 11.9 Å². The molecule has 0 bridgehead atoms. The molecule has 1 aromatic carbocycles. The van der Waals surface area contributed by atoms with Crippen LogP contribution < -0.4 is 0 Å². The Morgan fingerprint density at radius 3 is 2.83 bits per heavy atom. The number of aryl methyl sites for hydroxylation is 1. The highest BCUT2D eigenvalue weighted by atomic mass is 79.9. The van der Waals surface area contributed by atoms with E-state index in [0.717, 1.165) is 10.0 Å². The van der Waals surface area contributed by atoms with Crippen LogP contribution in [0.15, 0.2) is 34.9 Å². The normalized spacial score (nSPS) is 12.4. The van der Waals surface area contributed by atoms with E-state index in [1.54, 1.807) is 19.2 Å². The summed E-state index contributed by atoms with van der Waals surface area (Å²) in [4.78, 5) is 8.21. The van der Waals surface area contributed by atoms with Gasteiger partial charge in [-0.3, -0.25) is 0 Å². The number of aromatic nitrogens is 2. The van der Waals surface area contributed by atoms with Gasteiger partial charge in [0, 0.05) is 22.1 Å². The van der Waals surface area contributed by atoms with Gasteiger partial charge in [0.15, 0.2) is 0 Å². The Hall–Kier alpha value is -0.970. The van der Waals surface area contributed by atoms with Crippen molar-refractivity contribution >= 4 is 27.5 Å². The molecule has 0 amide bonds. The minimum absolute atomic E-state index is 0.433. The summed E-state index contributed by atoms with van der Waals surface area (Å²) in [5.41, 5.74) is 1.50. The monoisotopic (exact) mass is 326 g/mol. The fourth-order valence-corrected chi connectivity index (χ4v) is 2.41. The Kier molecular flexibility index (Phi) is 4.32. The first-order valence-electron chi connectivity index (χ1n) is 5.48. The highest BCUT2D eigenvalue weighted by Crippen LogP contribution is 2.25. The van der Waals surface area contributed by atoms with E-state index >= 15 is 0 Å². The Morgan fingerprint density at radius 2 is 2.17 bits per heavy atom. The maximum absolute atomic E-state index is 10.1. The maximum atomic E-state index is 10.1. The van der Waals surface area contributed by atoms with Crippen LogP contribution in [0.4, 0.5) is 0 Å². The van der Waals surface area contributed by atoms with Gasteiger partial charge in [-0.2, -0.15) is 0 Å². The Morgan fingerprint density at radius 1 is 1.39 bits per heavy atom. The number of nitrogens with zero attached hydrogens (tertiary/aromatic N) is 2. The lowest BCUT2D eigenvalue weighted by molar-refractivity contribution is 0.173. The van der Waals surface area contributed by atoms with E-state index in [2.05, 4.69) is 25.9 Å². The van der Waals surface area contributed by atoms with Crippen molar-refractivity contribution in [2.24, 2.45) is 0 Å². The van der Waals surface area contributed by atoms with Crippen LogP contribution in [-0.2, 0) is 6.42 Å². The number of benzene rings is 1. The number of aliphatic hydroxyl groups excluding tert-OH is 1. The standard InChI is InChI=1S/C13H12BrClN2O/c1-8-16-5-4-12(17-8)13(18)6-9-2-3-10(14)7-11(9)15/h2-5,7,13,18H,6H2,1H3. The number of halogens is 2. The molecule has 3 nitrogen and oxygen atoms in total. The van der Waals surface area contributed by atoms with Gasteiger partial charge in [-0.15, -0.1) is 0 Å². The molecule has 0 aliphatic heterocycles. The molecule has 94 valence electrons. The lowest BCUT2D eigenvalue weighted by Crippen LogP contribution is -2.06. The number of aliphatic hydroxyl groups is 1. The number of hydrogen-bond donors (Lipinski definition) is 1. The summed E-state index contributed by atoms with van der Waals surface area (Å²) >= 11 is 9.47. The van der Waals surface area contributed by atoms with Gasteiger partial charge >= 0.3 is 0 Å². The van der Waals surface area contributed by atoms with Gasteiger partial charge in [-0.05, 0) is 30.7 Å². The zero-order valence-electron chi connectivity index (χ0n) is 9.77. The predicted octanol–water partition coefficient (Wildman–Crippen LogP) is 3.48. The molecular formula is C13H12BrClN2O. The quantitative estimate of drug-likeness (QED) is 0.939. The molecule has 0 saturated carbocycles. The van der Waals surface area contributed by atoms with Gasteiger partial charge < -0.3 is 5.11 Å². The van der Waals surface area contributed by atoms with Crippen molar-refractivity contribution in [3.63, 3.8) is 0 Å². The minimum Gasteiger partial charge on any atom is -0.386 e. The van der Waals surface area contributed by atoms with E-state index in [1.807, 2.05) is 18.2 Å². The maximum Gasteiger partial charge on any atom is 0.125 e. The molecular weight excluding hydrogens is 316 g/mol. The third-order valence-electron chi connectivity index (χ3n) is 2.57. The fraction of sp³-hybridized carbons (Fsp3) is 0.231. The zero-order chi connectivity index (χ0) is 13.1. The second-order valence-corrected chi connectivity index (χ2v) is 5.31. The Labute approximate surface area is 119 Å². The molecule has 1 atom stereocenters. The molecule has 2 rings (SSSR count). The predicted molar refractivity (Wildman–Crippen MR) is 74.6 cm³/mol. The minimum atomic E-state index is -0.676. The summed E-state index contributed by atoms with van der Waals surface area (Å²) in [5.74, 6) is 0.647. The first-order chi connectivity index (χ1) is 8.56. The number of hydrogen-bond acceptors (Lipinski definition) is 3. The van der Waals surface area contributed by atoms with Gasteiger partial charge in [-0.25, -0.2) is 9.97 Å². The first-order valence-corrected chi connectivity index (χ1v) is 6.65. The molecule has 18 heavy (non-hydrogen) atoms. The average Bonchev–Trinajstić information content (AvgIpc) is 2.32. The van der Waals surface area contributed by atoms with E-state index in [4.69, 9.17) is 11.6 Å². The highest BCUT2D eigenvalue weighted by molar-refractivity contribution is 9.10. The molecule has 0 spiro atoms.